The third-order valence-corrected chi connectivity index (χ3v) is 6.84. The molecule has 122 valence electrons. The van der Waals surface area contributed by atoms with E-state index in [9.17, 15) is 0 Å². The van der Waals surface area contributed by atoms with Gasteiger partial charge in [0, 0.05) is 24.7 Å². The van der Waals surface area contributed by atoms with Crippen LogP contribution in [0.1, 0.15) is 65.7 Å². The molecule has 2 N–H and O–H groups in total. The summed E-state index contributed by atoms with van der Waals surface area (Å²) in [6, 6.07) is 1.61. The van der Waals surface area contributed by atoms with Gasteiger partial charge in [-0.1, -0.05) is 27.2 Å². The molecule has 3 rings (SSSR count). The first-order valence-corrected chi connectivity index (χ1v) is 9.16. The Kier molecular flexibility index (Phi) is 4.63. The fourth-order valence-corrected chi connectivity index (χ4v) is 4.92. The number of morpholine rings is 1. The predicted octanol–water partition coefficient (Wildman–Crippen LogP) is 3.17. The van der Waals surface area contributed by atoms with Crippen LogP contribution in [0.15, 0.2) is 0 Å². The van der Waals surface area contributed by atoms with Gasteiger partial charge in [-0.2, -0.15) is 0 Å². The molecule has 3 fully saturated rings. The first-order chi connectivity index (χ1) is 10.0. The zero-order chi connectivity index (χ0) is 15.0. The molecule has 3 heteroatoms. The lowest BCUT2D eigenvalue weighted by Gasteiger charge is -2.50. The molecule has 2 saturated carbocycles. The van der Waals surface area contributed by atoms with E-state index in [-0.39, 0.29) is 0 Å². The lowest BCUT2D eigenvalue weighted by Crippen LogP contribution is -2.60. The highest BCUT2D eigenvalue weighted by atomic mass is 16.5. The molecule has 0 aromatic carbocycles. The highest BCUT2D eigenvalue weighted by Gasteiger charge is 2.44. The maximum Gasteiger partial charge on any atom is 0.0731 e. The largest absolute Gasteiger partial charge is 0.375 e. The topological polar surface area (TPSA) is 38.5 Å². The zero-order valence-electron chi connectivity index (χ0n) is 14.2. The standard InChI is InChI=1S/C18H34N2O/c1-4-18(2,3)13-8-9-14(19)16(12-13)20-10-11-21-17-7-5-6-15(17)20/h13-17H,4-12,19H2,1-3H3. The third-order valence-electron chi connectivity index (χ3n) is 6.84. The summed E-state index contributed by atoms with van der Waals surface area (Å²) in [5.41, 5.74) is 7.02. The molecule has 0 spiro atoms. The molecule has 2 aliphatic carbocycles. The van der Waals surface area contributed by atoms with Gasteiger partial charge in [0.15, 0.2) is 0 Å². The van der Waals surface area contributed by atoms with Crippen LogP contribution < -0.4 is 5.73 Å². The number of hydrogen-bond donors (Lipinski definition) is 1. The molecule has 5 atom stereocenters. The van der Waals surface area contributed by atoms with Gasteiger partial charge in [0.05, 0.1) is 12.7 Å². The Morgan fingerprint density at radius 2 is 1.95 bits per heavy atom. The van der Waals surface area contributed by atoms with Gasteiger partial charge in [-0.05, 0) is 49.9 Å². The number of nitrogens with two attached hydrogens (primary N) is 1. The Bertz CT molecular complexity index is 357. The molecule has 0 radical (unpaired) electrons. The van der Waals surface area contributed by atoms with Crippen molar-refractivity contribution >= 4 is 0 Å². The Morgan fingerprint density at radius 3 is 2.71 bits per heavy atom. The summed E-state index contributed by atoms with van der Waals surface area (Å²) < 4.78 is 5.99. The van der Waals surface area contributed by atoms with E-state index in [1.807, 2.05) is 0 Å². The molecule has 5 unspecified atom stereocenters. The van der Waals surface area contributed by atoms with Crippen molar-refractivity contribution in [1.82, 2.24) is 4.90 Å². The second-order valence-electron chi connectivity index (χ2n) is 8.23. The molecule has 0 aromatic heterocycles. The van der Waals surface area contributed by atoms with Gasteiger partial charge < -0.3 is 10.5 Å². The molecule has 0 amide bonds. The number of rotatable bonds is 3. The van der Waals surface area contributed by atoms with Gasteiger partial charge in [0.25, 0.3) is 0 Å². The van der Waals surface area contributed by atoms with Crippen molar-refractivity contribution in [3.63, 3.8) is 0 Å². The molecule has 0 aromatic rings. The summed E-state index contributed by atoms with van der Waals surface area (Å²) in [6.07, 6.45) is 9.48. The maximum atomic E-state index is 6.56. The monoisotopic (exact) mass is 294 g/mol. The minimum Gasteiger partial charge on any atom is -0.375 e. The van der Waals surface area contributed by atoms with Crippen molar-refractivity contribution in [1.29, 1.82) is 0 Å². The minimum absolute atomic E-state index is 0.369. The molecule has 1 heterocycles. The highest BCUT2D eigenvalue weighted by molar-refractivity contribution is 4.99. The van der Waals surface area contributed by atoms with Crippen LogP contribution in [0.4, 0.5) is 0 Å². The van der Waals surface area contributed by atoms with Gasteiger partial charge in [-0.25, -0.2) is 0 Å². The summed E-state index contributed by atoms with van der Waals surface area (Å²) in [4.78, 5) is 2.75. The van der Waals surface area contributed by atoms with Gasteiger partial charge >= 0.3 is 0 Å². The number of fused-ring (bicyclic) bond motifs is 1. The first-order valence-electron chi connectivity index (χ1n) is 9.16. The zero-order valence-corrected chi connectivity index (χ0v) is 14.2. The number of ether oxygens (including phenoxy) is 1. The molecule has 1 aliphatic heterocycles. The average molecular weight is 294 g/mol. The predicted molar refractivity (Wildman–Crippen MR) is 87.3 cm³/mol. The second-order valence-corrected chi connectivity index (χ2v) is 8.23. The van der Waals surface area contributed by atoms with Gasteiger partial charge in [0.2, 0.25) is 0 Å². The fourth-order valence-electron chi connectivity index (χ4n) is 4.92. The summed E-state index contributed by atoms with van der Waals surface area (Å²) in [5.74, 6) is 0.829. The van der Waals surface area contributed by atoms with Crippen LogP contribution in [0.2, 0.25) is 0 Å². The maximum absolute atomic E-state index is 6.56. The van der Waals surface area contributed by atoms with Crippen LogP contribution in [-0.2, 0) is 4.74 Å². The quantitative estimate of drug-likeness (QED) is 0.869. The van der Waals surface area contributed by atoms with Crippen LogP contribution in [0.3, 0.4) is 0 Å². The Hall–Kier alpha value is -0.120. The molecule has 0 bridgehead atoms. The minimum atomic E-state index is 0.369. The van der Waals surface area contributed by atoms with E-state index in [2.05, 4.69) is 25.7 Å². The second kappa shape index (κ2) is 6.17. The van der Waals surface area contributed by atoms with E-state index in [0.717, 1.165) is 19.1 Å². The van der Waals surface area contributed by atoms with Crippen molar-refractivity contribution in [2.45, 2.75) is 89.9 Å². The SMILES string of the molecule is CCC(C)(C)C1CCC(N)C(N2CCOC3CCCC32)C1. The van der Waals surface area contributed by atoms with Crippen LogP contribution in [0.25, 0.3) is 0 Å². The smallest absolute Gasteiger partial charge is 0.0731 e. The van der Waals surface area contributed by atoms with Gasteiger partial charge in [-0.15, -0.1) is 0 Å². The third kappa shape index (κ3) is 3.02. The van der Waals surface area contributed by atoms with Crippen molar-refractivity contribution in [3.05, 3.63) is 0 Å². The molecule has 21 heavy (non-hydrogen) atoms. The van der Waals surface area contributed by atoms with Crippen molar-refractivity contribution in [2.75, 3.05) is 13.2 Å². The number of hydrogen-bond acceptors (Lipinski definition) is 3. The van der Waals surface area contributed by atoms with E-state index in [0.29, 0.717) is 29.6 Å². The fraction of sp³-hybridized carbons (Fsp3) is 1.00. The summed E-state index contributed by atoms with van der Waals surface area (Å²) in [6.45, 7) is 9.24. The summed E-state index contributed by atoms with van der Waals surface area (Å²) >= 11 is 0. The van der Waals surface area contributed by atoms with Crippen LogP contribution in [0.5, 0.6) is 0 Å². The van der Waals surface area contributed by atoms with E-state index in [1.165, 1.54) is 44.9 Å². The van der Waals surface area contributed by atoms with E-state index < -0.39 is 0 Å². The van der Waals surface area contributed by atoms with Crippen LogP contribution in [-0.4, -0.2) is 42.3 Å². The molecular weight excluding hydrogens is 260 g/mol. The Labute approximate surface area is 130 Å². The van der Waals surface area contributed by atoms with E-state index in [1.54, 1.807) is 0 Å². The first kappa shape index (κ1) is 15.8. The van der Waals surface area contributed by atoms with E-state index >= 15 is 0 Å². The molecule has 3 aliphatic rings. The lowest BCUT2D eigenvalue weighted by molar-refractivity contribution is -0.0868. The molecule has 1 saturated heterocycles. The van der Waals surface area contributed by atoms with Crippen LogP contribution in [0, 0.1) is 11.3 Å². The Balaban J connectivity index is 1.73. The molecule has 3 nitrogen and oxygen atoms in total. The van der Waals surface area contributed by atoms with Crippen LogP contribution >= 0.6 is 0 Å². The van der Waals surface area contributed by atoms with E-state index in [4.69, 9.17) is 10.5 Å². The highest BCUT2D eigenvalue weighted by Crippen LogP contribution is 2.43. The Morgan fingerprint density at radius 1 is 1.14 bits per heavy atom. The summed E-state index contributed by atoms with van der Waals surface area (Å²) in [5, 5.41) is 0. The van der Waals surface area contributed by atoms with Crippen molar-refractivity contribution in [3.8, 4) is 0 Å². The lowest BCUT2D eigenvalue weighted by atomic mass is 9.67. The van der Waals surface area contributed by atoms with Gasteiger partial charge in [-0.3, -0.25) is 4.90 Å². The molecular formula is C18H34N2O. The van der Waals surface area contributed by atoms with Gasteiger partial charge in [0.1, 0.15) is 0 Å². The van der Waals surface area contributed by atoms with Crippen molar-refractivity contribution < 1.29 is 4.74 Å². The normalized spacial score (nSPS) is 42.0. The summed E-state index contributed by atoms with van der Waals surface area (Å²) in [7, 11) is 0. The number of nitrogens with zero attached hydrogens (tertiary/aromatic N) is 1. The average Bonchev–Trinajstić information content (AvgIpc) is 2.96. The van der Waals surface area contributed by atoms with Crippen molar-refractivity contribution in [2.24, 2.45) is 17.1 Å².